The number of fused-ring (bicyclic) bond motifs is 1. The number of hydrogen-bond donors (Lipinski definition) is 0. The minimum absolute atomic E-state index is 0.839. The van der Waals surface area contributed by atoms with E-state index in [-0.39, 0.29) is 0 Å². The quantitative estimate of drug-likeness (QED) is 0.739. The van der Waals surface area contributed by atoms with Gasteiger partial charge in [-0.15, -0.1) is 0 Å². The van der Waals surface area contributed by atoms with Gasteiger partial charge in [0.05, 0.1) is 18.5 Å². The summed E-state index contributed by atoms with van der Waals surface area (Å²) in [5.74, 6) is 0.859. The van der Waals surface area contributed by atoms with E-state index in [1.807, 2.05) is 12.1 Å². The van der Waals surface area contributed by atoms with E-state index < -0.39 is 0 Å². The summed E-state index contributed by atoms with van der Waals surface area (Å²) in [6.07, 6.45) is 2.10. The van der Waals surface area contributed by atoms with Gasteiger partial charge in [-0.1, -0.05) is 0 Å². The maximum Gasteiger partial charge on any atom is 0.137 e. The third kappa shape index (κ3) is 2.70. The van der Waals surface area contributed by atoms with Gasteiger partial charge >= 0.3 is 0 Å². The lowest BCUT2D eigenvalue weighted by Crippen LogP contribution is -2.13. The Kier molecular flexibility index (Phi) is 3.86. The lowest BCUT2D eigenvalue weighted by Gasteiger charge is -2.11. The molecule has 0 bridgehead atoms. The van der Waals surface area contributed by atoms with Crippen LogP contribution in [0.4, 0.5) is 0 Å². The predicted octanol–water partition coefficient (Wildman–Crippen LogP) is 3.38. The molecule has 0 radical (unpaired) electrons. The molecule has 0 N–H and O–H groups in total. The molecule has 2 heterocycles. The fourth-order valence-corrected chi connectivity index (χ4v) is 2.63. The van der Waals surface area contributed by atoms with Gasteiger partial charge < -0.3 is 14.0 Å². The Balaban J connectivity index is 2.17. The molecule has 0 amide bonds. The van der Waals surface area contributed by atoms with Crippen LogP contribution in [0.15, 0.2) is 42.6 Å². The maximum atomic E-state index is 5.24. The topological polar surface area (TPSA) is 29.8 Å². The number of aromatic nitrogens is 2. The normalized spacial score (nSPS) is 11.3. The summed E-state index contributed by atoms with van der Waals surface area (Å²) in [7, 11) is 5.83. The Labute approximate surface area is 131 Å². The van der Waals surface area contributed by atoms with Gasteiger partial charge in [0.1, 0.15) is 11.4 Å². The van der Waals surface area contributed by atoms with E-state index in [9.17, 15) is 0 Å². The van der Waals surface area contributed by atoms with Gasteiger partial charge in [0.2, 0.25) is 0 Å². The summed E-state index contributed by atoms with van der Waals surface area (Å²) in [5.41, 5.74) is 5.55. The predicted molar refractivity (Wildman–Crippen MR) is 89.3 cm³/mol. The molecule has 0 fully saturated rings. The molecule has 22 heavy (non-hydrogen) atoms. The molecule has 0 spiro atoms. The van der Waals surface area contributed by atoms with Crippen LogP contribution in [-0.4, -0.2) is 35.5 Å². The number of aryl methyl sites for hydroxylation is 1. The van der Waals surface area contributed by atoms with Gasteiger partial charge in [0.25, 0.3) is 0 Å². The van der Waals surface area contributed by atoms with Crippen molar-refractivity contribution in [3.63, 3.8) is 0 Å². The monoisotopic (exact) mass is 295 g/mol. The minimum atomic E-state index is 0.839. The first-order chi connectivity index (χ1) is 10.6. The van der Waals surface area contributed by atoms with Gasteiger partial charge in [-0.25, -0.2) is 4.98 Å². The molecule has 4 nitrogen and oxygen atoms in total. The molecule has 0 aliphatic heterocycles. The van der Waals surface area contributed by atoms with Crippen molar-refractivity contribution in [2.24, 2.45) is 0 Å². The summed E-state index contributed by atoms with van der Waals surface area (Å²) in [6, 6.07) is 12.3. The lowest BCUT2D eigenvalue weighted by atomic mass is 10.1. The SMILES string of the molecule is COc1ccc(-c2nc3cc(C)ccn3c2CN(C)C)cc1. The highest BCUT2D eigenvalue weighted by molar-refractivity contribution is 5.67. The summed E-state index contributed by atoms with van der Waals surface area (Å²) < 4.78 is 7.41. The van der Waals surface area contributed by atoms with E-state index in [1.54, 1.807) is 7.11 Å². The molecule has 0 saturated heterocycles. The highest BCUT2D eigenvalue weighted by Crippen LogP contribution is 2.27. The fraction of sp³-hybridized carbons (Fsp3) is 0.278. The zero-order valence-electron chi connectivity index (χ0n) is 13.5. The van der Waals surface area contributed by atoms with Crippen molar-refractivity contribution >= 4 is 5.65 Å². The van der Waals surface area contributed by atoms with Crippen LogP contribution >= 0.6 is 0 Å². The molecule has 0 saturated carbocycles. The Morgan fingerprint density at radius 2 is 1.86 bits per heavy atom. The Hall–Kier alpha value is -2.33. The number of benzene rings is 1. The van der Waals surface area contributed by atoms with Gasteiger partial charge in [-0.2, -0.15) is 0 Å². The zero-order chi connectivity index (χ0) is 15.7. The third-order valence-corrected chi connectivity index (χ3v) is 3.71. The average molecular weight is 295 g/mol. The molecule has 0 aliphatic rings. The average Bonchev–Trinajstić information content (AvgIpc) is 2.84. The fourth-order valence-electron chi connectivity index (χ4n) is 2.63. The van der Waals surface area contributed by atoms with Crippen LogP contribution < -0.4 is 4.74 Å². The van der Waals surface area contributed by atoms with E-state index in [1.165, 1.54) is 11.3 Å². The van der Waals surface area contributed by atoms with E-state index in [4.69, 9.17) is 9.72 Å². The van der Waals surface area contributed by atoms with Crippen molar-refractivity contribution in [3.05, 3.63) is 53.9 Å². The van der Waals surface area contributed by atoms with Crippen LogP contribution in [0.3, 0.4) is 0 Å². The van der Waals surface area contributed by atoms with Gasteiger partial charge in [-0.3, -0.25) is 0 Å². The first-order valence-corrected chi connectivity index (χ1v) is 7.35. The van der Waals surface area contributed by atoms with Crippen molar-refractivity contribution in [1.82, 2.24) is 14.3 Å². The Morgan fingerprint density at radius 3 is 2.50 bits per heavy atom. The molecule has 4 heteroatoms. The van der Waals surface area contributed by atoms with Crippen LogP contribution in [0.2, 0.25) is 0 Å². The lowest BCUT2D eigenvalue weighted by molar-refractivity contribution is 0.396. The van der Waals surface area contributed by atoms with Crippen molar-refractivity contribution in [3.8, 4) is 17.0 Å². The number of ether oxygens (including phenoxy) is 1. The van der Waals surface area contributed by atoms with E-state index >= 15 is 0 Å². The summed E-state index contributed by atoms with van der Waals surface area (Å²) in [4.78, 5) is 7.01. The second-order valence-corrected chi connectivity index (χ2v) is 5.81. The first kappa shape index (κ1) is 14.6. The van der Waals surface area contributed by atoms with Crippen molar-refractivity contribution in [2.45, 2.75) is 13.5 Å². The second-order valence-electron chi connectivity index (χ2n) is 5.81. The number of methoxy groups -OCH3 is 1. The number of nitrogens with zero attached hydrogens (tertiary/aromatic N) is 3. The number of hydrogen-bond acceptors (Lipinski definition) is 3. The van der Waals surface area contributed by atoms with Crippen molar-refractivity contribution in [2.75, 3.05) is 21.2 Å². The van der Waals surface area contributed by atoms with E-state index in [0.29, 0.717) is 0 Å². The summed E-state index contributed by atoms with van der Waals surface area (Å²) in [6.45, 7) is 2.93. The van der Waals surface area contributed by atoms with Gasteiger partial charge in [0.15, 0.2) is 0 Å². The highest BCUT2D eigenvalue weighted by atomic mass is 16.5. The molecule has 0 aliphatic carbocycles. The first-order valence-electron chi connectivity index (χ1n) is 7.35. The van der Waals surface area contributed by atoms with Crippen molar-refractivity contribution < 1.29 is 4.74 Å². The Bertz CT molecular complexity index is 788. The van der Waals surface area contributed by atoms with Crippen LogP contribution in [0, 0.1) is 6.92 Å². The largest absolute Gasteiger partial charge is 0.497 e. The number of rotatable bonds is 4. The molecule has 0 unspecified atom stereocenters. The minimum Gasteiger partial charge on any atom is -0.497 e. The maximum absolute atomic E-state index is 5.24. The highest BCUT2D eigenvalue weighted by Gasteiger charge is 2.14. The summed E-state index contributed by atoms with van der Waals surface area (Å²) >= 11 is 0. The standard InChI is InChI=1S/C18H21N3O/c1-13-9-10-21-16(12-20(2)3)18(19-17(21)11-13)14-5-7-15(22-4)8-6-14/h5-11H,12H2,1-4H3. The molecular weight excluding hydrogens is 274 g/mol. The smallest absolute Gasteiger partial charge is 0.137 e. The molecule has 2 aromatic heterocycles. The zero-order valence-corrected chi connectivity index (χ0v) is 13.5. The van der Waals surface area contributed by atoms with Crippen LogP contribution in [0.5, 0.6) is 5.75 Å². The van der Waals surface area contributed by atoms with Gasteiger partial charge in [-0.05, 0) is 63.0 Å². The van der Waals surface area contributed by atoms with E-state index in [0.717, 1.165) is 29.2 Å². The van der Waals surface area contributed by atoms with Crippen LogP contribution in [-0.2, 0) is 6.54 Å². The van der Waals surface area contributed by atoms with Crippen molar-refractivity contribution in [1.29, 1.82) is 0 Å². The third-order valence-electron chi connectivity index (χ3n) is 3.71. The van der Waals surface area contributed by atoms with Gasteiger partial charge in [0, 0.05) is 18.3 Å². The Morgan fingerprint density at radius 1 is 1.14 bits per heavy atom. The van der Waals surface area contributed by atoms with Crippen LogP contribution in [0.1, 0.15) is 11.3 Å². The number of pyridine rings is 1. The molecule has 0 atom stereocenters. The molecule has 114 valence electrons. The number of imidazole rings is 1. The molecular formula is C18H21N3O. The molecule has 3 aromatic rings. The molecule has 1 aromatic carbocycles. The van der Waals surface area contributed by atoms with E-state index in [2.05, 4.69) is 60.8 Å². The second kappa shape index (κ2) is 5.81. The molecule has 3 rings (SSSR count). The summed E-state index contributed by atoms with van der Waals surface area (Å²) in [5, 5.41) is 0. The van der Waals surface area contributed by atoms with Crippen LogP contribution in [0.25, 0.3) is 16.9 Å².